The van der Waals surface area contributed by atoms with E-state index in [1.54, 1.807) is 45.9 Å². The molecule has 658 valence electrons. The first kappa shape index (κ1) is 94.4. The van der Waals surface area contributed by atoms with Gasteiger partial charge in [-0.3, -0.25) is 86.4 Å². The molecule has 0 fully saturated rings. The maximum atomic E-state index is 15.6. The van der Waals surface area contributed by atoms with Gasteiger partial charge in [-0.15, -0.1) is 0 Å². The monoisotopic (exact) mass is 1700 g/mol. The number of carbonyl (C=O) groups excluding carboxylic acids is 18. The third-order valence-electron chi connectivity index (χ3n) is 21.7. The van der Waals surface area contributed by atoms with Crippen LogP contribution in [0, 0.1) is 18.7 Å². The zero-order valence-corrected chi connectivity index (χ0v) is 71.0. The van der Waals surface area contributed by atoms with Gasteiger partial charge in [-0.1, -0.05) is 32.9 Å². The molecule has 0 unspecified atom stereocenters. The number of rotatable bonds is 37. The zero-order valence-electron chi connectivity index (χ0n) is 71.0. The van der Waals surface area contributed by atoms with Gasteiger partial charge in [0, 0.05) is 124 Å². The Hall–Kier alpha value is -13.1. The summed E-state index contributed by atoms with van der Waals surface area (Å²) in [6.07, 6.45) is 2.17. The van der Waals surface area contributed by atoms with E-state index in [2.05, 4.69) is 26.6 Å². The molecule has 0 radical (unpaired) electrons. The van der Waals surface area contributed by atoms with E-state index in [1.807, 2.05) is 0 Å². The Morgan fingerprint density at radius 3 is 1.56 bits per heavy atom. The first-order valence-corrected chi connectivity index (χ1v) is 39.3. The van der Waals surface area contributed by atoms with E-state index in [9.17, 15) is 96.2 Å². The highest BCUT2D eigenvalue weighted by Crippen LogP contribution is 2.46. The lowest BCUT2D eigenvalue weighted by atomic mass is 9.81. The molecule has 2 aromatic carbocycles. The molecular formula is C81H105FN18O22. The summed E-state index contributed by atoms with van der Waals surface area (Å²) < 4.78 is 28.0. The Bertz CT molecular complexity index is 4940. The summed E-state index contributed by atoms with van der Waals surface area (Å²) >= 11 is 0. The fourth-order valence-electron chi connectivity index (χ4n) is 13.8. The number of esters is 1. The van der Waals surface area contributed by atoms with Crippen molar-refractivity contribution in [3.8, 4) is 11.4 Å². The van der Waals surface area contributed by atoms with Crippen molar-refractivity contribution in [1.82, 2.24) is 84.7 Å². The van der Waals surface area contributed by atoms with E-state index >= 15 is 4.39 Å². The second-order valence-electron chi connectivity index (χ2n) is 31.2. The lowest BCUT2D eigenvalue weighted by molar-refractivity contribution is -0.172. The van der Waals surface area contributed by atoms with Gasteiger partial charge in [0.1, 0.15) is 37.7 Å². The lowest BCUT2D eigenvalue weighted by Gasteiger charge is -2.31. The van der Waals surface area contributed by atoms with Crippen LogP contribution < -0.4 is 32.1 Å². The van der Waals surface area contributed by atoms with Crippen molar-refractivity contribution in [3.63, 3.8) is 0 Å². The number of aliphatic hydroxyl groups is 1. The molecule has 8 rings (SSSR count). The highest BCUT2D eigenvalue weighted by atomic mass is 19.1. The Labute approximate surface area is 702 Å². The van der Waals surface area contributed by atoms with Gasteiger partial charge in [-0.25, -0.2) is 19.0 Å². The van der Waals surface area contributed by atoms with Crippen molar-refractivity contribution in [2.75, 3.05) is 154 Å². The van der Waals surface area contributed by atoms with E-state index in [1.165, 1.54) is 105 Å². The normalized spacial score (nSPS) is 15.1. The molecule has 3 aliphatic heterocycles. The van der Waals surface area contributed by atoms with Gasteiger partial charge in [0.15, 0.2) is 5.60 Å². The molecular weight excluding hydrogens is 1600 g/mol. The van der Waals surface area contributed by atoms with Crippen LogP contribution >= 0.6 is 0 Å². The quantitative estimate of drug-likeness (QED) is 0.0140. The number of nitrogens with one attached hydrogen (secondary N) is 5. The summed E-state index contributed by atoms with van der Waals surface area (Å²) in [6.45, 7) is 1.89. The van der Waals surface area contributed by atoms with E-state index < -0.39 is 201 Å². The smallest absolute Gasteiger partial charge is 0.407 e. The molecule has 4 atom stereocenters. The molecule has 41 heteroatoms. The molecule has 5 heterocycles. The third-order valence-corrected chi connectivity index (χ3v) is 21.7. The van der Waals surface area contributed by atoms with Crippen LogP contribution in [0.2, 0.25) is 0 Å². The standard InChI is InChI=1S/C81H105FN18O22/c1-16-81(120)53-29-58-75-51(31-99(58)78(117)52(53)44-121-79(81)118)73-55(25-24-50-46(4)54(82)30-57(85-75)72(50)73)87-80(119)122-43-48-20-22-49(23-21-48)84-76(115)56(86-77(116)74(45(2)3)88-60(103)33-100-61(104)26-27-62(100)105)19-17-18-28-83-59(102)32-90(7)64(107)35-92(9)66(109)37-94(11)68(111)39-96(13)70(113)41-98(15)71(114)42-97(14)69(112)40-95(12)67(110)38-93(10)65(108)36-91(8)63(106)34-89(6)47(5)101/h20-23,26-27,29-30,45,55-56,74,120H,16-19,24-25,28,31-44H2,1-15H3,(H,83,102)(H,84,115)(H,86,116)(H,87,119)(H,88,103)/t55-,56-,74-,81-/m0/s1. The van der Waals surface area contributed by atoms with Crippen molar-refractivity contribution in [2.45, 2.75) is 117 Å². The number of aromatic nitrogens is 2. The van der Waals surface area contributed by atoms with Crippen LogP contribution in [0.4, 0.5) is 14.9 Å². The molecule has 17 amide bonds. The van der Waals surface area contributed by atoms with Crippen LogP contribution in [0.3, 0.4) is 0 Å². The molecule has 4 aromatic rings. The van der Waals surface area contributed by atoms with Crippen molar-refractivity contribution in [1.29, 1.82) is 0 Å². The number of carbonyl (C=O) groups is 18. The van der Waals surface area contributed by atoms with E-state index in [-0.39, 0.29) is 93.3 Å². The maximum absolute atomic E-state index is 15.6. The average molecular weight is 1700 g/mol. The van der Waals surface area contributed by atoms with Gasteiger partial charge >= 0.3 is 12.1 Å². The fraction of sp³-hybridized carbons (Fsp3) is 0.506. The van der Waals surface area contributed by atoms with Crippen molar-refractivity contribution >= 4 is 123 Å². The maximum Gasteiger partial charge on any atom is 0.407 e. The van der Waals surface area contributed by atoms with Gasteiger partial charge in [-0.2, -0.15) is 0 Å². The number of alkyl carbamates (subject to hydrolysis) is 1. The van der Waals surface area contributed by atoms with E-state index in [0.717, 1.165) is 56.3 Å². The number of anilines is 1. The fourth-order valence-corrected chi connectivity index (χ4v) is 13.8. The second kappa shape index (κ2) is 40.8. The molecule has 122 heavy (non-hydrogen) atoms. The number of nitrogens with zero attached hydrogens (tertiary/aromatic N) is 13. The molecule has 0 bridgehead atoms. The molecule has 0 saturated heterocycles. The lowest BCUT2D eigenvalue weighted by Crippen LogP contribution is -2.56. The van der Waals surface area contributed by atoms with Gasteiger partial charge in [0.25, 0.3) is 17.4 Å². The number of likely N-dealkylation sites (N-methyl/N-ethyl adjacent to an activating group) is 10. The summed E-state index contributed by atoms with van der Waals surface area (Å²) in [5, 5.41) is 25.8. The topological polar surface area (TPSA) is 477 Å². The summed E-state index contributed by atoms with van der Waals surface area (Å²) in [7, 11) is 13.2. The summed E-state index contributed by atoms with van der Waals surface area (Å²) in [4.78, 5) is 265. The Kier molecular flexibility index (Phi) is 31.5. The number of benzene rings is 2. The number of ether oxygens (including phenoxy) is 2. The Morgan fingerprint density at radius 2 is 1.09 bits per heavy atom. The SMILES string of the molecule is CC[C@@]1(O)C(=O)OCc2c1cc1n(c2=O)Cc2c-1nc1cc(F)c(C)c3c1c2[C@@H](NC(=O)OCc1ccc(NC(=O)[C@H](CCCCNC(=O)CN(C)C(=O)CN(C)C(=O)CN(C)C(=O)CN(C)C(=O)CN(C)C(=O)CN(C)C(=O)CN(C)C(=O)CN(C)C(=O)CN(C)C(=O)CN(C)C(C)=O)NC(=O)[C@@H](NC(=O)CN2C(=O)C=CC2=O)C(C)C)cc1)CC3. The zero-order chi connectivity index (χ0) is 90.4. The van der Waals surface area contributed by atoms with Crippen molar-refractivity contribution in [2.24, 2.45) is 5.92 Å². The predicted octanol–water partition coefficient (Wildman–Crippen LogP) is -2.18. The molecule has 6 N–H and O–H groups in total. The highest BCUT2D eigenvalue weighted by Gasteiger charge is 2.47. The van der Waals surface area contributed by atoms with Crippen LogP contribution in [0.5, 0.6) is 0 Å². The minimum Gasteiger partial charge on any atom is -0.458 e. The largest absolute Gasteiger partial charge is 0.458 e. The van der Waals surface area contributed by atoms with E-state index in [4.69, 9.17) is 14.5 Å². The van der Waals surface area contributed by atoms with Gasteiger partial charge in [0.05, 0.1) is 101 Å². The first-order chi connectivity index (χ1) is 57.3. The number of amides is 17. The van der Waals surface area contributed by atoms with Gasteiger partial charge < -0.3 is 94.7 Å². The number of unbranched alkanes of at least 4 members (excludes halogenated alkanes) is 1. The molecule has 4 aliphatic rings. The number of imide groups is 1. The van der Waals surface area contributed by atoms with Crippen LogP contribution in [-0.4, -0.2) is 336 Å². The van der Waals surface area contributed by atoms with Crippen LogP contribution in [-0.2, 0) is 123 Å². The van der Waals surface area contributed by atoms with Gasteiger partial charge in [0.2, 0.25) is 82.7 Å². The molecule has 1 aliphatic carbocycles. The number of pyridine rings is 2. The first-order valence-electron chi connectivity index (χ1n) is 39.3. The highest BCUT2D eigenvalue weighted by molar-refractivity contribution is 6.14. The number of aryl methyl sites for hydroxylation is 1. The summed E-state index contributed by atoms with van der Waals surface area (Å²) in [5.74, 6) is -12.5. The number of halogens is 1. The molecule has 0 saturated carbocycles. The minimum atomic E-state index is -2.10. The molecule has 40 nitrogen and oxygen atoms in total. The number of hydrogen-bond acceptors (Lipinski definition) is 23. The Balaban J connectivity index is 0.786. The van der Waals surface area contributed by atoms with Crippen molar-refractivity contribution < 1.29 is 105 Å². The number of cyclic esters (lactones) is 1. The van der Waals surface area contributed by atoms with Gasteiger partial charge in [-0.05, 0) is 91.8 Å². The average Bonchev–Trinajstić information content (AvgIpc) is 1.51. The second-order valence-corrected chi connectivity index (χ2v) is 31.2. The van der Waals surface area contributed by atoms with Crippen molar-refractivity contribution in [3.05, 3.63) is 104 Å². The minimum absolute atomic E-state index is 0.00982. The van der Waals surface area contributed by atoms with Crippen LogP contribution in [0.25, 0.3) is 22.3 Å². The van der Waals surface area contributed by atoms with Crippen LogP contribution in [0.1, 0.15) is 105 Å². The number of hydrogen-bond donors (Lipinski definition) is 6. The third kappa shape index (κ3) is 23.1. The molecule has 0 spiro atoms. The predicted molar refractivity (Wildman–Crippen MR) is 432 cm³/mol. The summed E-state index contributed by atoms with van der Waals surface area (Å²) in [6, 6.07) is 5.79. The number of fused-ring (bicyclic) bond motifs is 5. The Morgan fingerprint density at radius 1 is 0.615 bits per heavy atom. The van der Waals surface area contributed by atoms with E-state index in [0.29, 0.717) is 62.3 Å². The summed E-state index contributed by atoms with van der Waals surface area (Å²) in [5.41, 5.74) is 1.52. The molecule has 2 aromatic heterocycles. The van der Waals surface area contributed by atoms with Crippen LogP contribution in [0.15, 0.2) is 53.3 Å².